The van der Waals surface area contributed by atoms with Crippen molar-refractivity contribution in [1.29, 1.82) is 0 Å². The number of nitrogens with zero attached hydrogens (tertiary/aromatic N) is 1. The molecule has 16 heavy (non-hydrogen) atoms. The molecule has 1 aromatic heterocycles. The molecular weight excluding hydrogens is 289 g/mol. The van der Waals surface area contributed by atoms with Gasteiger partial charge in [-0.3, -0.25) is 0 Å². The molecule has 0 aliphatic heterocycles. The highest BCUT2D eigenvalue weighted by atomic mass is 79.9. The molecule has 82 valence electrons. The van der Waals surface area contributed by atoms with Crippen LogP contribution in [0.4, 0.5) is 0 Å². The standard InChI is InChI=1S/C12H9BrClNO/c1-8-4-5-11(9(13)7-8)16-12-10(14)3-2-6-15-12/h2-7H,1H3. The van der Waals surface area contributed by atoms with Crippen molar-refractivity contribution in [3.05, 3.63) is 51.6 Å². The number of halogens is 2. The van der Waals surface area contributed by atoms with Gasteiger partial charge in [0.15, 0.2) is 0 Å². The Morgan fingerprint density at radius 2 is 2.12 bits per heavy atom. The van der Waals surface area contributed by atoms with Crippen LogP contribution < -0.4 is 4.74 Å². The fraction of sp³-hybridized carbons (Fsp3) is 0.0833. The minimum atomic E-state index is 0.411. The highest BCUT2D eigenvalue weighted by Crippen LogP contribution is 2.32. The highest BCUT2D eigenvalue weighted by Gasteiger charge is 2.06. The maximum Gasteiger partial charge on any atom is 0.238 e. The summed E-state index contributed by atoms with van der Waals surface area (Å²) in [4.78, 5) is 4.06. The van der Waals surface area contributed by atoms with Crippen LogP contribution in [0.15, 0.2) is 41.0 Å². The van der Waals surface area contributed by atoms with Crippen LogP contribution in [0.1, 0.15) is 5.56 Å². The van der Waals surface area contributed by atoms with Gasteiger partial charge in [-0.15, -0.1) is 0 Å². The van der Waals surface area contributed by atoms with Crippen molar-refractivity contribution in [3.63, 3.8) is 0 Å². The molecule has 0 N–H and O–H groups in total. The van der Waals surface area contributed by atoms with Crippen LogP contribution in [-0.2, 0) is 0 Å². The number of rotatable bonds is 2. The molecule has 0 saturated heterocycles. The number of hydrogen-bond donors (Lipinski definition) is 0. The monoisotopic (exact) mass is 297 g/mol. The lowest BCUT2D eigenvalue weighted by molar-refractivity contribution is 0.460. The van der Waals surface area contributed by atoms with Gasteiger partial charge in [-0.2, -0.15) is 0 Å². The number of pyridine rings is 1. The van der Waals surface area contributed by atoms with Crippen molar-refractivity contribution in [3.8, 4) is 11.6 Å². The van der Waals surface area contributed by atoms with Gasteiger partial charge in [0.25, 0.3) is 0 Å². The summed E-state index contributed by atoms with van der Waals surface area (Å²) >= 11 is 9.39. The van der Waals surface area contributed by atoms with Gasteiger partial charge in [-0.1, -0.05) is 17.7 Å². The molecular formula is C12H9BrClNO. The summed E-state index contributed by atoms with van der Waals surface area (Å²) in [5.74, 6) is 1.11. The van der Waals surface area contributed by atoms with Gasteiger partial charge in [0.05, 0.1) is 4.47 Å². The van der Waals surface area contributed by atoms with Gasteiger partial charge < -0.3 is 4.74 Å². The normalized spacial score (nSPS) is 10.2. The summed E-state index contributed by atoms with van der Waals surface area (Å²) in [7, 11) is 0. The minimum absolute atomic E-state index is 0.411. The van der Waals surface area contributed by atoms with E-state index in [-0.39, 0.29) is 0 Å². The van der Waals surface area contributed by atoms with Gasteiger partial charge in [-0.05, 0) is 52.7 Å². The Morgan fingerprint density at radius 1 is 1.31 bits per heavy atom. The number of aromatic nitrogens is 1. The average molecular weight is 299 g/mol. The predicted molar refractivity (Wildman–Crippen MR) is 68.2 cm³/mol. The van der Waals surface area contributed by atoms with E-state index in [4.69, 9.17) is 16.3 Å². The Morgan fingerprint density at radius 3 is 2.81 bits per heavy atom. The van der Waals surface area contributed by atoms with Crippen LogP contribution in [0, 0.1) is 6.92 Å². The first kappa shape index (κ1) is 11.4. The third-order valence-corrected chi connectivity index (χ3v) is 2.93. The van der Waals surface area contributed by atoms with E-state index in [0.717, 1.165) is 10.0 Å². The quantitative estimate of drug-likeness (QED) is 0.808. The van der Waals surface area contributed by atoms with Gasteiger partial charge in [0, 0.05) is 6.20 Å². The van der Waals surface area contributed by atoms with Crippen LogP contribution in [0.3, 0.4) is 0 Å². The molecule has 0 aliphatic carbocycles. The van der Waals surface area contributed by atoms with E-state index < -0.39 is 0 Å². The molecule has 1 heterocycles. The van der Waals surface area contributed by atoms with E-state index in [9.17, 15) is 0 Å². The van der Waals surface area contributed by atoms with Gasteiger partial charge in [0.2, 0.25) is 5.88 Å². The van der Waals surface area contributed by atoms with Crippen LogP contribution >= 0.6 is 27.5 Å². The smallest absolute Gasteiger partial charge is 0.238 e. The van der Waals surface area contributed by atoms with Crippen molar-refractivity contribution in [1.82, 2.24) is 4.98 Å². The van der Waals surface area contributed by atoms with Crippen molar-refractivity contribution in [2.75, 3.05) is 0 Å². The molecule has 0 spiro atoms. The summed E-state index contributed by atoms with van der Waals surface area (Å²) in [5, 5.41) is 0.495. The lowest BCUT2D eigenvalue weighted by Crippen LogP contribution is -1.89. The summed E-state index contributed by atoms with van der Waals surface area (Å²) in [6.07, 6.45) is 1.64. The molecule has 2 nitrogen and oxygen atoms in total. The zero-order chi connectivity index (χ0) is 11.5. The SMILES string of the molecule is Cc1ccc(Oc2ncccc2Cl)c(Br)c1. The molecule has 0 radical (unpaired) electrons. The Balaban J connectivity index is 2.31. The predicted octanol–water partition coefficient (Wildman–Crippen LogP) is 4.60. The van der Waals surface area contributed by atoms with Gasteiger partial charge in [0.1, 0.15) is 10.8 Å². The fourth-order valence-corrected chi connectivity index (χ4v) is 1.97. The third-order valence-electron chi connectivity index (χ3n) is 2.02. The molecule has 2 rings (SSSR count). The van der Waals surface area contributed by atoms with E-state index in [1.165, 1.54) is 0 Å². The first-order chi connectivity index (χ1) is 7.66. The van der Waals surface area contributed by atoms with Crippen LogP contribution in [-0.4, -0.2) is 4.98 Å². The fourth-order valence-electron chi connectivity index (χ4n) is 1.24. The van der Waals surface area contributed by atoms with Crippen molar-refractivity contribution in [2.45, 2.75) is 6.92 Å². The number of benzene rings is 1. The Hall–Kier alpha value is -1.06. The highest BCUT2D eigenvalue weighted by molar-refractivity contribution is 9.10. The average Bonchev–Trinajstić information content (AvgIpc) is 2.25. The van der Waals surface area contributed by atoms with E-state index in [0.29, 0.717) is 16.7 Å². The molecule has 2 aromatic rings. The zero-order valence-corrected chi connectivity index (χ0v) is 10.9. The number of ether oxygens (including phenoxy) is 1. The maximum atomic E-state index is 5.95. The molecule has 0 fully saturated rings. The Bertz CT molecular complexity index is 516. The maximum absolute atomic E-state index is 5.95. The van der Waals surface area contributed by atoms with Crippen molar-refractivity contribution in [2.24, 2.45) is 0 Å². The van der Waals surface area contributed by atoms with Crippen molar-refractivity contribution < 1.29 is 4.74 Å². The molecule has 0 bridgehead atoms. The molecule has 4 heteroatoms. The van der Waals surface area contributed by atoms with Crippen LogP contribution in [0.5, 0.6) is 11.6 Å². The Labute approximate surface area is 107 Å². The molecule has 1 aromatic carbocycles. The van der Waals surface area contributed by atoms with Gasteiger partial charge in [-0.25, -0.2) is 4.98 Å². The third kappa shape index (κ3) is 2.54. The number of aryl methyl sites for hydroxylation is 1. The zero-order valence-electron chi connectivity index (χ0n) is 8.58. The Kier molecular flexibility index (Phi) is 3.46. The molecule has 0 atom stereocenters. The molecule has 0 unspecified atom stereocenters. The molecule has 0 aliphatic rings. The minimum Gasteiger partial charge on any atom is -0.436 e. The molecule has 0 saturated carbocycles. The first-order valence-corrected chi connectivity index (χ1v) is 5.88. The number of hydrogen-bond acceptors (Lipinski definition) is 2. The second kappa shape index (κ2) is 4.85. The summed E-state index contributed by atoms with van der Waals surface area (Å²) < 4.78 is 6.49. The van der Waals surface area contributed by atoms with Crippen molar-refractivity contribution >= 4 is 27.5 Å². The summed E-state index contributed by atoms with van der Waals surface area (Å²) in [6, 6.07) is 9.33. The van der Waals surface area contributed by atoms with E-state index in [2.05, 4.69) is 20.9 Å². The van der Waals surface area contributed by atoms with Crippen LogP contribution in [0.2, 0.25) is 5.02 Å². The second-order valence-electron chi connectivity index (χ2n) is 3.33. The van der Waals surface area contributed by atoms with E-state index in [1.807, 2.05) is 25.1 Å². The van der Waals surface area contributed by atoms with Gasteiger partial charge >= 0.3 is 0 Å². The largest absolute Gasteiger partial charge is 0.436 e. The van der Waals surface area contributed by atoms with E-state index in [1.54, 1.807) is 18.3 Å². The second-order valence-corrected chi connectivity index (χ2v) is 4.59. The lowest BCUT2D eigenvalue weighted by Gasteiger charge is -2.08. The summed E-state index contributed by atoms with van der Waals surface area (Å²) in [6.45, 7) is 2.02. The van der Waals surface area contributed by atoms with Crippen LogP contribution in [0.25, 0.3) is 0 Å². The summed E-state index contributed by atoms with van der Waals surface area (Å²) in [5.41, 5.74) is 1.16. The topological polar surface area (TPSA) is 22.1 Å². The first-order valence-electron chi connectivity index (χ1n) is 4.71. The molecule has 0 amide bonds. The van der Waals surface area contributed by atoms with E-state index >= 15 is 0 Å². The lowest BCUT2D eigenvalue weighted by atomic mass is 10.2.